The van der Waals surface area contributed by atoms with Crippen molar-refractivity contribution in [3.8, 4) is 5.75 Å². The number of nitrogens with one attached hydrogen (secondary N) is 1. The summed E-state index contributed by atoms with van der Waals surface area (Å²) >= 11 is 0. The molecule has 0 aromatic heterocycles. The molecule has 0 saturated heterocycles. The number of benzene rings is 3. The Labute approximate surface area is 220 Å². The zero-order valence-electron chi connectivity index (χ0n) is 22.2. The molecule has 0 spiro atoms. The molecule has 194 valence electrons. The number of carbonyl (C=O) groups excluding carboxylic acids is 2. The maximum atomic E-state index is 13.8. The molecule has 2 amide bonds. The Morgan fingerprint density at radius 2 is 1.51 bits per heavy atom. The molecule has 1 N–H and O–H groups in total. The van der Waals surface area contributed by atoms with Crippen LogP contribution >= 0.6 is 0 Å². The molecule has 5 nitrogen and oxygen atoms in total. The van der Waals surface area contributed by atoms with Crippen molar-refractivity contribution in [1.82, 2.24) is 10.2 Å². The first-order chi connectivity index (χ1) is 17.9. The van der Waals surface area contributed by atoms with E-state index in [1.54, 1.807) is 4.90 Å². The molecule has 0 bridgehead atoms. The van der Waals surface area contributed by atoms with E-state index < -0.39 is 6.04 Å². The summed E-state index contributed by atoms with van der Waals surface area (Å²) in [6, 6.07) is 23.5. The smallest absolute Gasteiger partial charge is 0.261 e. The summed E-state index contributed by atoms with van der Waals surface area (Å²) in [4.78, 5) is 29.2. The van der Waals surface area contributed by atoms with Crippen LogP contribution in [0.4, 0.5) is 0 Å². The quantitative estimate of drug-likeness (QED) is 0.391. The minimum absolute atomic E-state index is 0.0948. The lowest BCUT2D eigenvalue weighted by molar-refractivity contribution is -0.143. The van der Waals surface area contributed by atoms with Crippen LogP contribution in [0, 0.1) is 20.8 Å². The highest BCUT2D eigenvalue weighted by Gasteiger charge is 2.32. The van der Waals surface area contributed by atoms with Crippen molar-refractivity contribution < 1.29 is 14.3 Å². The number of aryl methyl sites for hydroxylation is 3. The van der Waals surface area contributed by atoms with Crippen LogP contribution in [0.25, 0.3) is 0 Å². The summed E-state index contributed by atoms with van der Waals surface area (Å²) in [5, 5.41) is 3.24. The van der Waals surface area contributed by atoms with Gasteiger partial charge in [-0.2, -0.15) is 0 Å². The van der Waals surface area contributed by atoms with E-state index in [2.05, 4.69) is 11.4 Å². The number of carbonyl (C=O) groups is 2. The Balaban J connectivity index is 1.61. The minimum Gasteiger partial charge on any atom is -0.484 e. The van der Waals surface area contributed by atoms with Crippen LogP contribution in [-0.4, -0.2) is 35.4 Å². The van der Waals surface area contributed by atoms with Crippen molar-refractivity contribution in [3.63, 3.8) is 0 Å². The van der Waals surface area contributed by atoms with Crippen LogP contribution in [0.1, 0.15) is 53.5 Å². The predicted octanol–water partition coefficient (Wildman–Crippen LogP) is 5.69. The van der Waals surface area contributed by atoms with Crippen molar-refractivity contribution >= 4 is 11.8 Å². The van der Waals surface area contributed by atoms with Crippen molar-refractivity contribution in [2.75, 3.05) is 6.61 Å². The number of ether oxygens (including phenoxy) is 1. The lowest BCUT2D eigenvalue weighted by atomic mass is 10.0. The van der Waals surface area contributed by atoms with Crippen molar-refractivity contribution in [2.24, 2.45) is 0 Å². The molecular weight excluding hydrogens is 460 g/mol. The molecule has 4 rings (SSSR count). The predicted molar refractivity (Wildman–Crippen MR) is 147 cm³/mol. The molecule has 0 heterocycles. The Bertz CT molecular complexity index is 1160. The van der Waals surface area contributed by atoms with Gasteiger partial charge in [0.15, 0.2) is 6.61 Å². The van der Waals surface area contributed by atoms with Gasteiger partial charge in [0.2, 0.25) is 5.91 Å². The van der Waals surface area contributed by atoms with Crippen molar-refractivity contribution in [1.29, 1.82) is 0 Å². The molecule has 1 atom stereocenters. The van der Waals surface area contributed by atoms with E-state index in [0.717, 1.165) is 53.5 Å². The molecule has 1 fully saturated rings. The zero-order valence-corrected chi connectivity index (χ0v) is 22.2. The van der Waals surface area contributed by atoms with Gasteiger partial charge >= 0.3 is 0 Å². The molecule has 1 saturated carbocycles. The number of rotatable bonds is 10. The van der Waals surface area contributed by atoms with Crippen molar-refractivity contribution in [3.05, 3.63) is 101 Å². The maximum absolute atomic E-state index is 13.8. The molecule has 3 aromatic rings. The van der Waals surface area contributed by atoms with E-state index in [-0.39, 0.29) is 24.5 Å². The van der Waals surface area contributed by atoms with E-state index in [4.69, 9.17) is 4.74 Å². The highest BCUT2D eigenvalue weighted by molar-refractivity contribution is 5.88. The second-order valence-electron chi connectivity index (χ2n) is 10.3. The van der Waals surface area contributed by atoms with Crippen LogP contribution in [0.2, 0.25) is 0 Å². The van der Waals surface area contributed by atoms with Gasteiger partial charge in [-0.25, -0.2) is 0 Å². The minimum atomic E-state index is -0.639. The number of hydrogen-bond donors (Lipinski definition) is 1. The van der Waals surface area contributed by atoms with E-state index in [0.29, 0.717) is 18.7 Å². The number of nitrogens with zero attached hydrogens (tertiary/aromatic N) is 1. The fourth-order valence-corrected chi connectivity index (χ4v) is 5.06. The van der Waals surface area contributed by atoms with Crippen LogP contribution < -0.4 is 10.1 Å². The number of hydrogen-bond acceptors (Lipinski definition) is 3. The van der Waals surface area contributed by atoms with Gasteiger partial charge in [-0.3, -0.25) is 9.59 Å². The maximum Gasteiger partial charge on any atom is 0.261 e. The zero-order chi connectivity index (χ0) is 26.2. The lowest BCUT2D eigenvalue weighted by Crippen LogP contribution is -2.53. The molecule has 1 aliphatic rings. The van der Waals surface area contributed by atoms with E-state index >= 15 is 0 Å². The lowest BCUT2D eigenvalue weighted by Gasteiger charge is -2.32. The average molecular weight is 499 g/mol. The summed E-state index contributed by atoms with van der Waals surface area (Å²) in [6.45, 7) is 6.27. The van der Waals surface area contributed by atoms with Gasteiger partial charge < -0.3 is 15.0 Å². The third-order valence-electron chi connectivity index (χ3n) is 7.00. The SMILES string of the molecule is Cc1ccc(CN(C(=O)COc2cc(C)cc(C)c2)[C@H](Cc2ccccc2)C(=O)NC2CCCC2)cc1. The molecular formula is C32H38N2O3. The van der Waals surface area contributed by atoms with E-state index in [1.807, 2.05) is 87.5 Å². The summed E-state index contributed by atoms with van der Waals surface area (Å²) in [7, 11) is 0. The second kappa shape index (κ2) is 12.6. The summed E-state index contributed by atoms with van der Waals surface area (Å²) < 4.78 is 5.96. The van der Waals surface area contributed by atoms with Crippen LogP contribution in [0.15, 0.2) is 72.8 Å². The van der Waals surface area contributed by atoms with Crippen molar-refractivity contribution in [2.45, 2.75) is 71.5 Å². The van der Waals surface area contributed by atoms with Gasteiger partial charge in [-0.1, -0.05) is 79.1 Å². The highest BCUT2D eigenvalue weighted by atomic mass is 16.5. The molecule has 5 heteroatoms. The van der Waals surface area contributed by atoms with Gasteiger partial charge in [-0.05, 0) is 68.0 Å². The molecule has 1 aliphatic carbocycles. The molecule has 37 heavy (non-hydrogen) atoms. The Morgan fingerprint density at radius 3 is 2.16 bits per heavy atom. The molecule has 0 radical (unpaired) electrons. The number of amides is 2. The fourth-order valence-electron chi connectivity index (χ4n) is 5.06. The summed E-state index contributed by atoms with van der Waals surface area (Å²) in [5.74, 6) is 0.362. The van der Waals surface area contributed by atoms with Gasteiger partial charge in [-0.15, -0.1) is 0 Å². The van der Waals surface area contributed by atoms with E-state index in [1.165, 1.54) is 0 Å². The standard InChI is InChI=1S/C32H38N2O3/c1-23-13-15-27(16-14-23)21-34(31(35)22-37-29-18-24(2)17-25(3)19-29)30(20-26-9-5-4-6-10-26)32(36)33-28-11-7-8-12-28/h4-6,9-10,13-19,28,30H,7-8,11-12,20-22H2,1-3H3,(H,33,36)/t30-/m1/s1. The fraction of sp³-hybridized carbons (Fsp3) is 0.375. The molecule has 3 aromatic carbocycles. The highest BCUT2D eigenvalue weighted by Crippen LogP contribution is 2.21. The first-order valence-corrected chi connectivity index (χ1v) is 13.3. The van der Waals surface area contributed by atoms with Gasteiger partial charge in [0.1, 0.15) is 11.8 Å². The average Bonchev–Trinajstić information content (AvgIpc) is 3.39. The molecule has 0 unspecified atom stereocenters. The first-order valence-electron chi connectivity index (χ1n) is 13.3. The van der Waals surface area contributed by atoms with E-state index in [9.17, 15) is 9.59 Å². The van der Waals surface area contributed by atoms with Crippen LogP contribution in [0.3, 0.4) is 0 Å². The summed E-state index contributed by atoms with van der Waals surface area (Å²) in [5.41, 5.74) is 5.32. The van der Waals surface area contributed by atoms with Gasteiger partial charge in [0.25, 0.3) is 5.91 Å². The molecule has 0 aliphatic heterocycles. The Kier molecular flexibility index (Phi) is 8.99. The van der Waals surface area contributed by atoms with Crippen LogP contribution in [0.5, 0.6) is 5.75 Å². The monoisotopic (exact) mass is 498 g/mol. The third-order valence-corrected chi connectivity index (χ3v) is 7.00. The summed E-state index contributed by atoms with van der Waals surface area (Å²) in [6.07, 6.45) is 4.69. The topological polar surface area (TPSA) is 58.6 Å². The van der Waals surface area contributed by atoms with Gasteiger partial charge in [0, 0.05) is 19.0 Å². The van der Waals surface area contributed by atoms with Gasteiger partial charge in [0.05, 0.1) is 0 Å². The van der Waals surface area contributed by atoms with Crippen LogP contribution in [-0.2, 0) is 22.6 Å². The normalized spacial score (nSPS) is 14.2. The largest absolute Gasteiger partial charge is 0.484 e. The second-order valence-corrected chi connectivity index (χ2v) is 10.3. The Morgan fingerprint density at radius 1 is 0.865 bits per heavy atom. The Hall–Kier alpha value is -3.60. The third kappa shape index (κ3) is 7.69. The first kappa shape index (κ1) is 26.5.